The predicted octanol–water partition coefficient (Wildman–Crippen LogP) is 2.58. The highest BCUT2D eigenvalue weighted by Crippen LogP contribution is 2.53. The van der Waals surface area contributed by atoms with Crippen molar-refractivity contribution in [1.82, 2.24) is 0 Å². The summed E-state index contributed by atoms with van der Waals surface area (Å²) in [5.41, 5.74) is -0.387. The van der Waals surface area contributed by atoms with Crippen LogP contribution in [0.15, 0.2) is 30.3 Å². The normalized spacial score (nSPS) is 28.5. The number of carbonyl (C=O) groups is 1. The fourth-order valence-corrected chi connectivity index (χ4v) is 4.78. The summed E-state index contributed by atoms with van der Waals surface area (Å²) in [6, 6.07) is 8.83. The maximum atomic E-state index is 12.1. The Labute approximate surface area is 189 Å². The molecule has 0 aliphatic carbocycles. The number of carbonyl (C=O) groups excluding carboxylic acids is 1. The van der Waals surface area contributed by atoms with Gasteiger partial charge in [-0.2, -0.15) is 0 Å². The van der Waals surface area contributed by atoms with Gasteiger partial charge in [0.25, 0.3) is 0 Å². The first-order valence-electron chi connectivity index (χ1n) is 10.5. The monoisotopic (exact) mass is 458 g/mol. The number of fused-ring (bicyclic) bond motifs is 3. The van der Waals surface area contributed by atoms with Gasteiger partial charge in [-0.1, -0.05) is 0 Å². The van der Waals surface area contributed by atoms with Gasteiger partial charge in [0.15, 0.2) is 23.0 Å². The topological polar surface area (TPSA) is 100 Å². The summed E-state index contributed by atoms with van der Waals surface area (Å²) < 4.78 is 51.6. The number of esters is 1. The van der Waals surface area contributed by atoms with Crippen LogP contribution in [0.25, 0.3) is 0 Å². The summed E-state index contributed by atoms with van der Waals surface area (Å²) in [5.74, 6) is 2.72. The van der Waals surface area contributed by atoms with E-state index in [1.54, 1.807) is 31.4 Å². The third-order valence-corrected chi connectivity index (χ3v) is 6.26. The van der Waals surface area contributed by atoms with Crippen molar-refractivity contribution in [2.75, 3.05) is 33.9 Å². The summed E-state index contributed by atoms with van der Waals surface area (Å²) in [6.45, 7) is 2.00. The zero-order chi connectivity index (χ0) is 22.6. The van der Waals surface area contributed by atoms with Gasteiger partial charge < -0.3 is 42.6 Å². The molecule has 174 valence electrons. The molecule has 4 heterocycles. The van der Waals surface area contributed by atoms with Crippen LogP contribution in [-0.4, -0.2) is 51.8 Å². The van der Waals surface area contributed by atoms with E-state index >= 15 is 0 Å². The van der Waals surface area contributed by atoms with Crippen molar-refractivity contribution in [1.29, 1.82) is 0 Å². The number of rotatable bonds is 5. The Hall–Kier alpha value is -3.37. The van der Waals surface area contributed by atoms with Crippen molar-refractivity contribution in [3.05, 3.63) is 35.9 Å². The molecule has 10 heteroatoms. The molecule has 0 saturated carbocycles. The van der Waals surface area contributed by atoms with Crippen molar-refractivity contribution in [3.63, 3.8) is 0 Å². The average molecular weight is 458 g/mol. The molecule has 0 N–H and O–H groups in total. The third kappa shape index (κ3) is 3.20. The van der Waals surface area contributed by atoms with Gasteiger partial charge in [0.05, 0.1) is 32.3 Å². The van der Waals surface area contributed by atoms with Crippen LogP contribution in [0.5, 0.6) is 34.5 Å². The largest absolute Gasteiger partial charge is 0.496 e. The molecule has 10 nitrogen and oxygen atoms in total. The first-order valence-corrected chi connectivity index (χ1v) is 10.5. The van der Waals surface area contributed by atoms with E-state index in [0.29, 0.717) is 34.5 Å². The molecule has 0 spiro atoms. The first-order chi connectivity index (χ1) is 16.1. The summed E-state index contributed by atoms with van der Waals surface area (Å²) in [6.07, 6.45) is -1.35. The minimum absolute atomic E-state index is 0.0920. The van der Waals surface area contributed by atoms with Crippen molar-refractivity contribution in [2.45, 2.75) is 24.9 Å². The molecule has 4 aliphatic heterocycles. The Kier molecular flexibility index (Phi) is 4.66. The Morgan fingerprint density at radius 2 is 1.70 bits per heavy atom. The van der Waals surface area contributed by atoms with E-state index in [-0.39, 0.29) is 32.7 Å². The quantitative estimate of drug-likeness (QED) is 0.622. The Balaban J connectivity index is 1.32. The minimum Gasteiger partial charge on any atom is -0.496 e. The lowest BCUT2D eigenvalue weighted by atomic mass is 9.85. The highest BCUT2D eigenvalue weighted by atomic mass is 16.7. The Morgan fingerprint density at radius 3 is 2.45 bits per heavy atom. The molecule has 33 heavy (non-hydrogen) atoms. The standard InChI is InChI=1S/C23H22O10/c1-12(24)33-23-9-27-21(14-6-19-20(31-11-30-19)7-17(14)25-2)15(23)8-26-22(23)32-13-3-4-16-18(5-13)29-10-28-16/h3-7,15,21-22H,8-11H2,1-2H3/t15?,21?,22-,23?/m1/s1. The molecule has 0 aromatic heterocycles. The highest BCUT2D eigenvalue weighted by Gasteiger charge is 2.64. The van der Waals surface area contributed by atoms with Gasteiger partial charge in [-0.3, -0.25) is 4.79 Å². The van der Waals surface area contributed by atoms with E-state index in [0.717, 1.165) is 5.56 Å². The zero-order valence-corrected chi connectivity index (χ0v) is 18.0. The Bertz CT molecular complexity index is 1100. The molecule has 4 aliphatic rings. The second-order valence-electron chi connectivity index (χ2n) is 8.13. The van der Waals surface area contributed by atoms with Crippen LogP contribution in [0, 0.1) is 5.92 Å². The van der Waals surface area contributed by atoms with Crippen LogP contribution in [-0.2, 0) is 19.0 Å². The lowest BCUT2D eigenvalue weighted by Gasteiger charge is -2.32. The second kappa shape index (κ2) is 7.60. The molecule has 2 saturated heterocycles. The van der Waals surface area contributed by atoms with Crippen molar-refractivity contribution >= 4 is 5.97 Å². The smallest absolute Gasteiger partial charge is 0.303 e. The minimum atomic E-state index is -1.14. The highest BCUT2D eigenvalue weighted by molar-refractivity contribution is 5.67. The molecule has 0 amide bonds. The summed E-state index contributed by atoms with van der Waals surface area (Å²) in [7, 11) is 1.58. The fourth-order valence-electron chi connectivity index (χ4n) is 4.78. The van der Waals surface area contributed by atoms with Gasteiger partial charge >= 0.3 is 5.97 Å². The molecule has 2 aromatic carbocycles. The molecule has 2 aromatic rings. The van der Waals surface area contributed by atoms with E-state index < -0.39 is 24.0 Å². The van der Waals surface area contributed by atoms with Crippen LogP contribution in [0.2, 0.25) is 0 Å². The summed E-state index contributed by atoms with van der Waals surface area (Å²) in [5, 5.41) is 0. The predicted molar refractivity (Wildman–Crippen MR) is 109 cm³/mol. The molecular formula is C23H22O10. The van der Waals surface area contributed by atoms with Crippen LogP contribution >= 0.6 is 0 Å². The van der Waals surface area contributed by atoms with Gasteiger partial charge in [-0.05, 0) is 18.2 Å². The fraction of sp³-hybridized carbons (Fsp3) is 0.435. The average Bonchev–Trinajstić information content (AvgIpc) is 3.57. The molecule has 4 atom stereocenters. The zero-order valence-electron chi connectivity index (χ0n) is 18.0. The second-order valence-corrected chi connectivity index (χ2v) is 8.13. The van der Waals surface area contributed by atoms with Crippen molar-refractivity contribution in [2.24, 2.45) is 5.92 Å². The molecule has 0 bridgehead atoms. The van der Waals surface area contributed by atoms with Crippen LogP contribution < -0.4 is 28.4 Å². The molecule has 0 radical (unpaired) electrons. The van der Waals surface area contributed by atoms with Gasteiger partial charge in [0.1, 0.15) is 11.5 Å². The summed E-state index contributed by atoms with van der Waals surface area (Å²) >= 11 is 0. The maximum Gasteiger partial charge on any atom is 0.303 e. The Morgan fingerprint density at radius 1 is 0.970 bits per heavy atom. The molecular weight excluding hydrogens is 436 g/mol. The lowest BCUT2D eigenvalue weighted by molar-refractivity contribution is -0.191. The number of benzene rings is 2. The van der Waals surface area contributed by atoms with Gasteiger partial charge in [-0.15, -0.1) is 0 Å². The van der Waals surface area contributed by atoms with Gasteiger partial charge in [0.2, 0.25) is 25.5 Å². The lowest BCUT2D eigenvalue weighted by Crippen LogP contribution is -2.50. The van der Waals surface area contributed by atoms with Crippen LogP contribution in [0.3, 0.4) is 0 Å². The number of ether oxygens (including phenoxy) is 9. The van der Waals surface area contributed by atoms with Crippen molar-refractivity contribution in [3.8, 4) is 34.5 Å². The van der Waals surface area contributed by atoms with Gasteiger partial charge in [-0.25, -0.2) is 0 Å². The first kappa shape index (κ1) is 20.3. The van der Waals surface area contributed by atoms with E-state index in [4.69, 9.17) is 42.6 Å². The number of methoxy groups -OCH3 is 1. The summed E-state index contributed by atoms with van der Waals surface area (Å²) in [4.78, 5) is 12.1. The molecule has 3 unspecified atom stereocenters. The van der Waals surface area contributed by atoms with E-state index in [1.165, 1.54) is 6.92 Å². The third-order valence-electron chi connectivity index (χ3n) is 6.26. The van der Waals surface area contributed by atoms with Crippen molar-refractivity contribution < 1.29 is 47.4 Å². The SMILES string of the molecule is COc1cc2c(cc1C1OCC3(OC(C)=O)C1CO[C@@H]3Oc1ccc3c(c1)OCO3)OCO2. The van der Waals surface area contributed by atoms with E-state index in [9.17, 15) is 4.79 Å². The van der Waals surface area contributed by atoms with Gasteiger partial charge in [0, 0.05) is 24.6 Å². The van der Waals surface area contributed by atoms with Crippen LogP contribution in [0.4, 0.5) is 0 Å². The molecule has 2 fully saturated rings. The van der Waals surface area contributed by atoms with E-state index in [2.05, 4.69) is 0 Å². The number of hydrogen-bond acceptors (Lipinski definition) is 10. The molecule has 6 rings (SSSR count). The maximum absolute atomic E-state index is 12.1. The van der Waals surface area contributed by atoms with E-state index in [1.807, 2.05) is 6.07 Å². The van der Waals surface area contributed by atoms with Crippen LogP contribution in [0.1, 0.15) is 18.6 Å². The number of hydrogen-bond donors (Lipinski definition) is 0.